The minimum atomic E-state index is -0.453. The summed E-state index contributed by atoms with van der Waals surface area (Å²) in [4.78, 5) is 19.5. The van der Waals surface area contributed by atoms with E-state index in [-0.39, 0.29) is 24.2 Å². The molecule has 0 aliphatic carbocycles. The molecule has 0 atom stereocenters. The monoisotopic (exact) mass is 468 g/mol. The molecule has 4 rings (SSSR count). The van der Waals surface area contributed by atoms with Gasteiger partial charge < -0.3 is 19.2 Å². The van der Waals surface area contributed by atoms with Crippen LogP contribution in [0.3, 0.4) is 0 Å². The van der Waals surface area contributed by atoms with Crippen molar-refractivity contribution in [2.75, 3.05) is 44.7 Å². The summed E-state index contributed by atoms with van der Waals surface area (Å²) in [6, 6.07) is 11.8. The third-order valence-corrected chi connectivity index (χ3v) is 5.97. The second-order valence-corrected chi connectivity index (χ2v) is 9.20. The number of likely N-dealkylation sites (N-methyl/N-ethyl adjacent to an activating group) is 1. The quantitative estimate of drug-likeness (QED) is 0.505. The van der Waals surface area contributed by atoms with Gasteiger partial charge in [-0.25, -0.2) is 8.78 Å². The molecule has 1 aliphatic rings. The molecule has 6 nitrogen and oxygen atoms in total. The van der Waals surface area contributed by atoms with Crippen molar-refractivity contribution in [2.24, 2.45) is 5.92 Å². The van der Waals surface area contributed by atoms with E-state index in [9.17, 15) is 13.6 Å². The van der Waals surface area contributed by atoms with Crippen molar-refractivity contribution < 1.29 is 18.1 Å². The standard InChI is InChI=1S/C26H30F2N4O2/c1-18(2)16-32(25(33)20-5-4-6-22(28)15-20)17-23-24(19-7-9-21(27)10-8-19)29-34-26(23)31-13-11-30(3)12-14-31/h4-10,15,18H,11-14,16-17H2,1-3H3. The van der Waals surface area contributed by atoms with Crippen molar-refractivity contribution in [3.05, 3.63) is 71.3 Å². The van der Waals surface area contributed by atoms with Gasteiger partial charge >= 0.3 is 0 Å². The zero-order valence-electron chi connectivity index (χ0n) is 19.8. The Labute approximate surface area is 198 Å². The molecule has 2 aromatic carbocycles. The first kappa shape index (κ1) is 23.9. The highest BCUT2D eigenvalue weighted by atomic mass is 19.1. The highest BCUT2D eigenvalue weighted by Crippen LogP contribution is 2.33. The molecule has 0 unspecified atom stereocenters. The molecular formula is C26H30F2N4O2. The highest BCUT2D eigenvalue weighted by molar-refractivity contribution is 5.94. The van der Waals surface area contributed by atoms with Crippen molar-refractivity contribution >= 4 is 11.8 Å². The Bertz CT molecular complexity index is 1120. The van der Waals surface area contributed by atoms with Crippen LogP contribution in [0.15, 0.2) is 53.1 Å². The molecule has 0 saturated carbocycles. The first-order valence-corrected chi connectivity index (χ1v) is 11.5. The minimum Gasteiger partial charge on any atom is -0.338 e. The van der Waals surface area contributed by atoms with Gasteiger partial charge in [0.2, 0.25) is 5.88 Å². The van der Waals surface area contributed by atoms with Gasteiger partial charge in [-0.1, -0.05) is 25.1 Å². The van der Waals surface area contributed by atoms with Gasteiger partial charge in [0.05, 0.1) is 12.1 Å². The molecule has 8 heteroatoms. The summed E-state index contributed by atoms with van der Waals surface area (Å²) in [7, 11) is 2.07. The molecule has 1 aromatic heterocycles. The van der Waals surface area contributed by atoms with Crippen LogP contribution in [-0.2, 0) is 6.54 Å². The average Bonchev–Trinajstić information content (AvgIpc) is 3.22. The molecule has 0 radical (unpaired) electrons. The summed E-state index contributed by atoms with van der Waals surface area (Å²) < 4.78 is 33.3. The second kappa shape index (κ2) is 10.3. The van der Waals surface area contributed by atoms with Crippen LogP contribution in [0, 0.1) is 17.6 Å². The fourth-order valence-electron chi connectivity index (χ4n) is 4.19. The topological polar surface area (TPSA) is 52.8 Å². The zero-order chi connectivity index (χ0) is 24.2. The Balaban J connectivity index is 1.73. The zero-order valence-corrected chi connectivity index (χ0v) is 19.8. The number of hydrogen-bond donors (Lipinski definition) is 0. The van der Waals surface area contributed by atoms with E-state index >= 15 is 0 Å². The van der Waals surface area contributed by atoms with Crippen molar-refractivity contribution in [3.8, 4) is 11.3 Å². The van der Waals surface area contributed by atoms with Crippen LogP contribution in [0.1, 0.15) is 29.8 Å². The number of piperazine rings is 1. The molecule has 180 valence electrons. The van der Waals surface area contributed by atoms with E-state index in [4.69, 9.17) is 4.52 Å². The summed E-state index contributed by atoms with van der Waals surface area (Å²) >= 11 is 0. The average molecular weight is 469 g/mol. The number of nitrogens with zero attached hydrogens (tertiary/aromatic N) is 4. The number of carbonyl (C=O) groups excluding carboxylic acids is 1. The number of rotatable bonds is 7. The van der Waals surface area contributed by atoms with Gasteiger partial charge in [0.25, 0.3) is 5.91 Å². The highest BCUT2D eigenvalue weighted by Gasteiger charge is 2.28. The Hall–Kier alpha value is -3.26. The van der Waals surface area contributed by atoms with Crippen molar-refractivity contribution in [1.29, 1.82) is 0 Å². The fourth-order valence-corrected chi connectivity index (χ4v) is 4.19. The summed E-state index contributed by atoms with van der Waals surface area (Å²) in [5.74, 6) is -0.239. The molecule has 0 spiro atoms. The van der Waals surface area contributed by atoms with Crippen molar-refractivity contribution in [1.82, 2.24) is 15.0 Å². The van der Waals surface area contributed by atoms with E-state index in [2.05, 4.69) is 22.0 Å². The molecule has 1 saturated heterocycles. The second-order valence-electron chi connectivity index (χ2n) is 9.20. The third kappa shape index (κ3) is 5.44. The summed E-state index contributed by atoms with van der Waals surface area (Å²) in [5.41, 5.74) is 2.35. The lowest BCUT2D eigenvalue weighted by molar-refractivity contribution is 0.0722. The number of halogens is 2. The fraction of sp³-hybridized carbons (Fsp3) is 0.385. The lowest BCUT2D eigenvalue weighted by Crippen LogP contribution is -2.45. The third-order valence-electron chi connectivity index (χ3n) is 5.97. The molecule has 3 aromatic rings. The molecule has 1 aliphatic heterocycles. The lowest BCUT2D eigenvalue weighted by atomic mass is 10.0. The number of hydrogen-bond acceptors (Lipinski definition) is 5. The van der Waals surface area contributed by atoms with E-state index in [1.807, 2.05) is 13.8 Å². The number of carbonyl (C=O) groups is 1. The van der Waals surface area contributed by atoms with Crippen molar-refractivity contribution in [3.63, 3.8) is 0 Å². The Morgan fingerprint density at radius 1 is 1.06 bits per heavy atom. The van der Waals surface area contributed by atoms with Crippen molar-refractivity contribution in [2.45, 2.75) is 20.4 Å². The molecule has 0 bridgehead atoms. The number of benzene rings is 2. The SMILES string of the molecule is CC(C)CN(Cc1c(-c2ccc(F)cc2)noc1N1CCN(C)CC1)C(=O)c1cccc(F)c1. The lowest BCUT2D eigenvalue weighted by Gasteiger charge is -2.33. The summed E-state index contributed by atoms with van der Waals surface area (Å²) in [6.45, 7) is 8.07. The predicted molar refractivity (Wildman–Crippen MR) is 128 cm³/mol. The van der Waals surface area contributed by atoms with Crippen LogP contribution in [0.2, 0.25) is 0 Å². The predicted octanol–water partition coefficient (Wildman–Crippen LogP) is 4.67. The summed E-state index contributed by atoms with van der Waals surface area (Å²) in [6.07, 6.45) is 0. The van der Waals surface area contributed by atoms with Crippen LogP contribution in [0.25, 0.3) is 11.3 Å². The smallest absolute Gasteiger partial charge is 0.254 e. The van der Waals surface area contributed by atoms with Gasteiger partial charge in [0.15, 0.2) is 0 Å². The summed E-state index contributed by atoms with van der Waals surface area (Å²) in [5, 5.41) is 4.34. The first-order valence-electron chi connectivity index (χ1n) is 11.5. The van der Waals surface area contributed by atoms with Gasteiger partial charge in [-0.3, -0.25) is 4.79 Å². The minimum absolute atomic E-state index is 0.193. The van der Waals surface area contributed by atoms with E-state index in [1.54, 1.807) is 23.1 Å². The van der Waals surface area contributed by atoms with Gasteiger partial charge in [-0.2, -0.15) is 0 Å². The van der Waals surface area contributed by atoms with E-state index in [1.165, 1.54) is 30.3 Å². The first-order chi connectivity index (χ1) is 16.3. The van der Waals surface area contributed by atoms with E-state index in [0.29, 0.717) is 29.2 Å². The Kier molecular flexibility index (Phi) is 7.26. The van der Waals surface area contributed by atoms with Gasteiger partial charge in [-0.05, 0) is 55.4 Å². The van der Waals surface area contributed by atoms with Crippen LogP contribution >= 0.6 is 0 Å². The van der Waals surface area contributed by atoms with Crippen LogP contribution in [-0.4, -0.2) is 60.6 Å². The molecule has 34 heavy (non-hydrogen) atoms. The van der Waals surface area contributed by atoms with Gasteiger partial charge in [0, 0.05) is 43.9 Å². The largest absolute Gasteiger partial charge is 0.338 e. The number of aromatic nitrogens is 1. The molecule has 1 amide bonds. The van der Waals surface area contributed by atoms with Crippen LogP contribution in [0.5, 0.6) is 0 Å². The van der Waals surface area contributed by atoms with E-state index in [0.717, 1.165) is 31.7 Å². The van der Waals surface area contributed by atoms with Gasteiger partial charge in [-0.15, -0.1) is 0 Å². The normalized spacial score (nSPS) is 14.6. The Morgan fingerprint density at radius 3 is 2.41 bits per heavy atom. The number of anilines is 1. The molecule has 0 N–H and O–H groups in total. The molecule has 2 heterocycles. The van der Waals surface area contributed by atoms with Gasteiger partial charge in [0.1, 0.15) is 17.3 Å². The Morgan fingerprint density at radius 2 is 1.76 bits per heavy atom. The van der Waals surface area contributed by atoms with Crippen LogP contribution < -0.4 is 4.90 Å². The maximum absolute atomic E-state index is 13.9. The van der Waals surface area contributed by atoms with Crippen LogP contribution in [0.4, 0.5) is 14.7 Å². The van der Waals surface area contributed by atoms with E-state index < -0.39 is 5.82 Å². The molecular weight excluding hydrogens is 438 g/mol. The molecule has 1 fully saturated rings. The maximum Gasteiger partial charge on any atom is 0.254 e. The number of amides is 1. The maximum atomic E-state index is 13.9.